The van der Waals surface area contributed by atoms with E-state index in [9.17, 15) is 0 Å². The summed E-state index contributed by atoms with van der Waals surface area (Å²) in [6.45, 7) is 32.3. The molecule has 1 radical (unpaired) electrons. The second-order valence-corrected chi connectivity index (χ2v) is 28.5. The van der Waals surface area contributed by atoms with Gasteiger partial charge in [-0.15, -0.1) is 0 Å². The van der Waals surface area contributed by atoms with Crippen LogP contribution in [0, 0.1) is 0 Å². The lowest BCUT2D eigenvalue weighted by Gasteiger charge is -2.26. The monoisotopic (exact) mass is 1070 g/mol. The van der Waals surface area contributed by atoms with Gasteiger partial charge in [0, 0.05) is 66.8 Å². The zero-order chi connectivity index (χ0) is 57.2. The third-order valence-electron chi connectivity index (χ3n) is 18.5. The number of para-hydroxylation sites is 1. The number of rotatable bonds is 7. The lowest BCUT2D eigenvalue weighted by Crippen LogP contribution is -2.36. The number of nitrogens with zero attached hydrogens (tertiary/aromatic N) is 1. The van der Waals surface area contributed by atoms with Gasteiger partial charge in [0.1, 0.15) is 16.7 Å². The maximum absolute atomic E-state index is 7.02. The van der Waals surface area contributed by atoms with Crippen molar-refractivity contribution in [3.8, 4) is 27.9 Å². The standard InChI is InChI=1S/C77H74BN2O2/c1-73(2,3)47-24-20-45(21-25-47)56(46-22-26-48(27-23-46)74(4,5)6)37-44-19-33-52-57-40-58(64(42-63(57)77(13,14)62(52)38-44)79-51-31-28-49(29-32-51)75(7,8)9)54-34-35-55-59-41-60-53-17-15-16-18-66(53)81-68(60)43-65(59)80-70(55)69(54)78-72-71(80)61-39-50(76(10,11)12)30-36-67(61)82-72/h15-36,38-43,56,79H,37H2,1-14H3. The minimum atomic E-state index is -0.281. The summed E-state index contributed by atoms with van der Waals surface area (Å²) in [6, 6.07) is 64.7. The Morgan fingerprint density at radius 2 is 1.05 bits per heavy atom. The SMILES string of the molecule is CC(C)(C)c1ccc(Nc2cc3c(cc2-c2ccc4c5cc6c(cc5n5c4c2[B]c2oc4ccc(C(C)(C)C)cc4c2-5)oc2ccccc26)-c2ccc(CC(c4ccc(C(C)(C)C)cc4)c4ccc(C(C)(C)C)cc4)cc2C3(C)C)cc1. The lowest BCUT2D eigenvalue weighted by molar-refractivity contribution is 0.589. The van der Waals surface area contributed by atoms with E-state index in [-0.39, 0.29) is 33.0 Å². The highest BCUT2D eigenvalue weighted by molar-refractivity contribution is 6.73. The fourth-order valence-corrected chi connectivity index (χ4v) is 13.6. The predicted octanol–water partition coefficient (Wildman–Crippen LogP) is 19.7. The molecular weight excluding hydrogens is 996 g/mol. The van der Waals surface area contributed by atoms with E-state index in [2.05, 4.69) is 284 Å². The van der Waals surface area contributed by atoms with Crippen molar-refractivity contribution in [2.24, 2.45) is 0 Å². The van der Waals surface area contributed by atoms with Crippen LogP contribution in [0.3, 0.4) is 0 Å². The Morgan fingerprint density at radius 1 is 0.463 bits per heavy atom. The van der Waals surface area contributed by atoms with Gasteiger partial charge < -0.3 is 18.7 Å². The first-order chi connectivity index (χ1) is 38.9. The van der Waals surface area contributed by atoms with Crippen molar-refractivity contribution in [2.45, 2.75) is 136 Å². The van der Waals surface area contributed by atoms with Gasteiger partial charge in [0.05, 0.1) is 16.9 Å². The molecule has 82 heavy (non-hydrogen) atoms. The van der Waals surface area contributed by atoms with Crippen molar-refractivity contribution in [1.82, 2.24) is 4.57 Å². The first kappa shape index (κ1) is 52.1. The molecule has 0 amide bonds. The summed E-state index contributed by atoms with van der Waals surface area (Å²) < 4.78 is 16.2. The quantitative estimate of drug-likeness (QED) is 0.162. The van der Waals surface area contributed by atoms with Crippen LogP contribution in [-0.4, -0.2) is 11.8 Å². The van der Waals surface area contributed by atoms with E-state index in [1.165, 1.54) is 77.5 Å². The first-order valence-electron chi connectivity index (χ1n) is 29.6. The number of fused-ring (bicyclic) bond motifs is 13. The summed E-state index contributed by atoms with van der Waals surface area (Å²) in [7, 11) is 2.32. The molecule has 0 saturated carbocycles. The fourth-order valence-electron chi connectivity index (χ4n) is 13.6. The number of benzene rings is 9. The zero-order valence-corrected chi connectivity index (χ0v) is 50.3. The van der Waals surface area contributed by atoms with Gasteiger partial charge in [-0.2, -0.15) is 0 Å². The molecule has 4 heterocycles. The Bertz CT molecular complexity index is 4510. The molecule has 0 saturated heterocycles. The van der Waals surface area contributed by atoms with Crippen molar-refractivity contribution in [3.63, 3.8) is 0 Å². The minimum Gasteiger partial charge on any atom is -0.469 e. The molecule has 0 atom stereocenters. The maximum Gasteiger partial charge on any atom is 0.247 e. The average Bonchev–Trinajstić information content (AvgIpc) is 2.51. The van der Waals surface area contributed by atoms with Gasteiger partial charge >= 0.3 is 0 Å². The topological polar surface area (TPSA) is 43.2 Å². The van der Waals surface area contributed by atoms with Crippen LogP contribution in [0.25, 0.3) is 82.7 Å². The number of furan rings is 2. The fraction of sp³-hybridized carbons (Fsp3) is 0.273. The molecule has 0 spiro atoms. The molecule has 1 aliphatic heterocycles. The first-order valence-corrected chi connectivity index (χ1v) is 29.6. The van der Waals surface area contributed by atoms with Gasteiger partial charge in [0.15, 0.2) is 0 Å². The van der Waals surface area contributed by atoms with Crippen LogP contribution in [0.15, 0.2) is 179 Å². The van der Waals surface area contributed by atoms with Crippen LogP contribution in [0.4, 0.5) is 11.4 Å². The Hall–Kier alpha value is -8.02. The summed E-state index contributed by atoms with van der Waals surface area (Å²) in [5.74, 6) is 0.191. The molecule has 1 N–H and O–H groups in total. The van der Waals surface area contributed by atoms with E-state index in [4.69, 9.17) is 8.83 Å². The van der Waals surface area contributed by atoms with Crippen LogP contribution < -0.4 is 16.4 Å². The summed E-state index contributed by atoms with van der Waals surface area (Å²) in [5, 5.41) is 9.78. The third kappa shape index (κ3) is 8.39. The van der Waals surface area contributed by atoms with Crippen molar-refractivity contribution >= 4 is 84.5 Å². The number of anilines is 2. The van der Waals surface area contributed by atoms with Crippen LogP contribution in [0.2, 0.25) is 0 Å². The van der Waals surface area contributed by atoms with Crippen LogP contribution >= 0.6 is 0 Å². The Balaban J connectivity index is 0.956. The molecule has 5 heteroatoms. The molecule has 0 fully saturated rings. The summed E-state index contributed by atoms with van der Waals surface area (Å²) in [5.41, 5.74) is 26.8. The van der Waals surface area contributed by atoms with Crippen molar-refractivity contribution in [2.75, 3.05) is 5.32 Å². The van der Waals surface area contributed by atoms with Gasteiger partial charge in [0.25, 0.3) is 0 Å². The molecule has 3 aromatic heterocycles. The molecule has 12 aromatic rings. The highest BCUT2D eigenvalue weighted by Gasteiger charge is 2.39. The number of nitrogens with one attached hydrogen (secondary N) is 1. The molecule has 2 aliphatic rings. The number of aromatic nitrogens is 1. The molecule has 407 valence electrons. The molecule has 14 rings (SSSR count). The highest BCUT2D eigenvalue weighted by atomic mass is 16.3. The molecule has 9 aromatic carbocycles. The normalized spacial score (nSPS) is 14.1. The molecular formula is C77H74BN2O2. The smallest absolute Gasteiger partial charge is 0.247 e. The Labute approximate surface area is 484 Å². The van der Waals surface area contributed by atoms with Crippen molar-refractivity contribution < 1.29 is 8.83 Å². The third-order valence-corrected chi connectivity index (χ3v) is 18.5. The van der Waals surface area contributed by atoms with Crippen LogP contribution in [-0.2, 0) is 33.5 Å². The highest BCUT2D eigenvalue weighted by Crippen LogP contribution is 2.53. The van der Waals surface area contributed by atoms with Crippen molar-refractivity contribution in [1.29, 1.82) is 0 Å². The van der Waals surface area contributed by atoms with E-state index in [0.29, 0.717) is 0 Å². The van der Waals surface area contributed by atoms with Crippen molar-refractivity contribution in [3.05, 3.63) is 220 Å². The Kier molecular flexibility index (Phi) is 11.4. The molecule has 0 bridgehead atoms. The molecule has 4 nitrogen and oxygen atoms in total. The summed E-state index contributed by atoms with van der Waals surface area (Å²) in [6.07, 6.45) is 0.891. The second-order valence-electron chi connectivity index (χ2n) is 28.5. The molecule has 0 unspecified atom stereocenters. The van der Waals surface area contributed by atoms with E-state index >= 15 is 0 Å². The zero-order valence-electron chi connectivity index (χ0n) is 50.3. The minimum absolute atomic E-state index is 0.0333. The van der Waals surface area contributed by atoms with Gasteiger partial charge in [-0.3, -0.25) is 0 Å². The van der Waals surface area contributed by atoms with Gasteiger partial charge in [-0.25, -0.2) is 0 Å². The summed E-state index contributed by atoms with van der Waals surface area (Å²) in [4.78, 5) is 0. The lowest BCUT2D eigenvalue weighted by atomic mass is 9.62. The maximum atomic E-state index is 7.02. The number of hydrogen-bond donors (Lipinski definition) is 1. The van der Waals surface area contributed by atoms with E-state index in [1.807, 2.05) is 0 Å². The van der Waals surface area contributed by atoms with E-state index < -0.39 is 0 Å². The van der Waals surface area contributed by atoms with Gasteiger partial charge in [0.2, 0.25) is 7.28 Å². The van der Waals surface area contributed by atoms with E-state index in [0.717, 1.165) is 84.2 Å². The summed E-state index contributed by atoms with van der Waals surface area (Å²) >= 11 is 0. The van der Waals surface area contributed by atoms with Gasteiger partial charge in [-0.1, -0.05) is 212 Å². The van der Waals surface area contributed by atoms with Crippen LogP contribution in [0.5, 0.6) is 0 Å². The van der Waals surface area contributed by atoms with Crippen LogP contribution in [0.1, 0.15) is 153 Å². The number of hydrogen-bond acceptors (Lipinski definition) is 3. The predicted molar refractivity (Wildman–Crippen MR) is 349 cm³/mol. The second kappa shape index (κ2) is 18.0. The largest absolute Gasteiger partial charge is 0.469 e. The van der Waals surface area contributed by atoms with Gasteiger partial charge in [-0.05, 0) is 149 Å². The average molecular weight is 1070 g/mol. The Morgan fingerprint density at radius 3 is 1.70 bits per heavy atom. The van der Waals surface area contributed by atoms with E-state index in [1.54, 1.807) is 0 Å². The molecule has 1 aliphatic carbocycles.